The average molecular weight is 377 g/mol. The molecule has 1 aliphatic carbocycles. The molecule has 0 aliphatic heterocycles. The molecule has 0 heterocycles. The van der Waals surface area contributed by atoms with Gasteiger partial charge in [-0.25, -0.2) is 26.3 Å². The molecule has 1 aliphatic rings. The molecule has 0 radical (unpaired) electrons. The van der Waals surface area contributed by atoms with Crippen LogP contribution in [0.1, 0.15) is 31.2 Å². The predicted molar refractivity (Wildman–Crippen MR) is 92.1 cm³/mol. The van der Waals surface area contributed by atoms with Gasteiger partial charge in [-0.2, -0.15) is 0 Å². The van der Waals surface area contributed by atoms with E-state index in [0.29, 0.717) is 11.3 Å². The Labute approximate surface area is 143 Å². The number of rotatable bonds is 8. The van der Waals surface area contributed by atoms with Crippen molar-refractivity contribution in [3.63, 3.8) is 0 Å². The monoisotopic (exact) mass is 376 g/mol. The zero-order chi connectivity index (χ0) is 17.8. The van der Waals surface area contributed by atoms with Crippen molar-refractivity contribution in [3.05, 3.63) is 23.8 Å². The molecular formula is C15H24N2O5S2. The summed E-state index contributed by atoms with van der Waals surface area (Å²) in [6.07, 6.45) is 4.59. The summed E-state index contributed by atoms with van der Waals surface area (Å²) >= 11 is 0. The minimum absolute atomic E-state index is 0.128. The van der Waals surface area contributed by atoms with Crippen molar-refractivity contribution >= 4 is 20.0 Å². The molecule has 0 atom stereocenters. The van der Waals surface area contributed by atoms with Gasteiger partial charge < -0.3 is 4.74 Å². The van der Waals surface area contributed by atoms with Gasteiger partial charge >= 0.3 is 0 Å². The highest BCUT2D eigenvalue weighted by Crippen LogP contribution is 2.26. The van der Waals surface area contributed by atoms with Gasteiger partial charge in [-0.15, -0.1) is 0 Å². The topological polar surface area (TPSA) is 102 Å². The number of hydrogen-bond donors (Lipinski definition) is 2. The van der Waals surface area contributed by atoms with Gasteiger partial charge in [0.25, 0.3) is 0 Å². The van der Waals surface area contributed by atoms with Crippen molar-refractivity contribution in [2.45, 2.75) is 43.6 Å². The van der Waals surface area contributed by atoms with Crippen LogP contribution in [0, 0.1) is 6.92 Å². The largest absolute Gasteiger partial charge is 0.490 e. The molecule has 2 rings (SSSR count). The standard InChI is InChI=1S/C15H24N2O5S2/c1-12-11-14(22-13-5-3-4-6-13)7-8-15(12)24(20,21)17-9-10-23(18,19)16-2/h7-8,11,13,16-17H,3-6,9-10H2,1-2H3. The van der Waals surface area contributed by atoms with Crippen molar-refractivity contribution < 1.29 is 21.6 Å². The van der Waals surface area contributed by atoms with E-state index >= 15 is 0 Å². The van der Waals surface area contributed by atoms with E-state index < -0.39 is 20.0 Å². The fourth-order valence-corrected chi connectivity index (χ4v) is 4.65. The van der Waals surface area contributed by atoms with Gasteiger partial charge in [0.05, 0.1) is 16.8 Å². The Balaban J connectivity index is 2.04. The highest BCUT2D eigenvalue weighted by Gasteiger charge is 2.20. The van der Waals surface area contributed by atoms with Crippen molar-refractivity contribution in [3.8, 4) is 5.75 Å². The Morgan fingerprint density at radius 2 is 1.83 bits per heavy atom. The van der Waals surface area contributed by atoms with E-state index in [1.807, 2.05) is 0 Å². The zero-order valence-electron chi connectivity index (χ0n) is 13.9. The molecule has 1 saturated carbocycles. The Hall–Kier alpha value is -1.16. The first kappa shape index (κ1) is 19.2. The van der Waals surface area contributed by atoms with Crippen LogP contribution in [0.5, 0.6) is 5.75 Å². The van der Waals surface area contributed by atoms with E-state index in [2.05, 4.69) is 9.44 Å². The van der Waals surface area contributed by atoms with Crippen molar-refractivity contribution in [1.82, 2.24) is 9.44 Å². The molecule has 1 aromatic rings. The van der Waals surface area contributed by atoms with E-state index in [1.165, 1.54) is 13.1 Å². The summed E-state index contributed by atoms with van der Waals surface area (Å²) in [5.74, 6) is 0.348. The maximum absolute atomic E-state index is 12.3. The maximum Gasteiger partial charge on any atom is 0.240 e. The zero-order valence-corrected chi connectivity index (χ0v) is 15.5. The van der Waals surface area contributed by atoms with Crippen LogP contribution < -0.4 is 14.2 Å². The van der Waals surface area contributed by atoms with Crippen LogP contribution in [0.15, 0.2) is 23.1 Å². The lowest BCUT2D eigenvalue weighted by Crippen LogP contribution is -2.33. The van der Waals surface area contributed by atoms with Crippen molar-refractivity contribution in [1.29, 1.82) is 0 Å². The van der Waals surface area contributed by atoms with Crippen LogP contribution in [-0.2, 0) is 20.0 Å². The van der Waals surface area contributed by atoms with Crippen LogP contribution in [0.2, 0.25) is 0 Å². The second-order valence-corrected chi connectivity index (χ2v) is 9.65. The Morgan fingerprint density at radius 1 is 1.17 bits per heavy atom. The van der Waals surface area contributed by atoms with Crippen LogP contribution in [-0.4, -0.2) is 42.3 Å². The van der Waals surface area contributed by atoms with Crippen LogP contribution >= 0.6 is 0 Å². The van der Waals surface area contributed by atoms with Crippen LogP contribution in [0.3, 0.4) is 0 Å². The quantitative estimate of drug-likeness (QED) is 0.708. The summed E-state index contributed by atoms with van der Waals surface area (Å²) in [5.41, 5.74) is 0.564. The minimum Gasteiger partial charge on any atom is -0.490 e. The van der Waals surface area contributed by atoms with Gasteiger partial charge in [-0.1, -0.05) is 0 Å². The normalized spacial score (nSPS) is 16.4. The van der Waals surface area contributed by atoms with Gasteiger partial charge in [0.15, 0.2) is 0 Å². The first-order valence-electron chi connectivity index (χ1n) is 7.92. The number of sulfonamides is 2. The number of nitrogens with one attached hydrogen (secondary N) is 2. The molecule has 0 aromatic heterocycles. The summed E-state index contributed by atoms with van der Waals surface area (Å²) < 4.78 is 57.6. The fourth-order valence-electron chi connectivity index (χ4n) is 2.69. The molecule has 7 nitrogen and oxygen atoms in total. The van der Waals surface area contributed by atoms with Gasteiger partial charge in [0.2, 0.25) is 20.0 Å². The van der Waals surface area contributed by atoms with E-state index in [1.54, 1.807) is 19.1 Å². The first-order chi connectivity index (χ1) is 11.2. The van der Waals surface area contributed by atoms with Gasteiger partial charge in [0.1, 0.15) is 5.75 Å². The molecular weight excluding hydrogens is 352 g/mol. The summed E-state index contributed by atoms with van der Waals surface area (Å²) in [6, 6.07) is 4.84. The third-order valence-corrected chi connectivity index (χ3v) is 7.00. The van der Waals surface area contributed by atoms with Gasteiger partial charge in [0, 0.05) is 6.54 Å². The number of aryl methyl sites for hydroxylation is 1. The Kier molecular flexibility index (Phi) is 6.24. The third kappa shape index (κ3) is 5.17. The number of hydrogen-bond acceptors (Lipinski definition) is 5. The molecule has 0 amide bonds. The van der Waals surface area contributed by atoms with Crippen LogP contribution in [0.25, 0.3) is 0 Å². The Morgan fingerprint density at radius 3 is 2.42 bits per heavy atom. The average Bonchev–Trinajstić information content (AvgIpc) is 2.99. The highest BCUT2D eigenvalue weighted by molar-refractivity contribution is 7.90. The lowest BCUT2D eigenvalue weighted by Gasteiger charge is -2.15. The molecule has 136 valence electrons. The number of benzene rings is 1. The molecule has 2 N–H and O–H groups in total. The summed E-state index contributed by atoms with van der Waals surface area (Å²) in [7, 11) is -5.93. The molecule has 24 heavy (non-hydrogen) atoms. The van der Waals surface area contributed by atoms with E-state index in [9.17, 15) is 16.8 Å². The molecule has 9 heteroatoms. The SMILES string of the molecule is CNS(=O)(=O)CCNS(=O)(=O)c1ccc(OC2CCCC2)cc1C. The lowest BCUT2D eigenvalue weighted by molar-refractivity contribution is 0.210. The highest BCUT2D eigenvalue weighted by atomic mass is 32.2. The third-order valence-electron chi connectivity index (χ3n) is 4.01. The minimum atomic E-state index is -3.76. The smallest absolute Gasteiger partial charge is 0.240 e. The second-order valence-electron chi connectivity index (χ2n) is 5.87. The molecule has 1 fully saturated rings. The van der Waals surface area contributed by atoms with Gasteiger partial charge in [-0.05, 0) is 63.4 Å². The fraction of sp³-hybridized carbons (Fsp3) is 0.600. The second kappa shape index (κ2) is 7.81. The molecule has 0 bridgehead atoms. The van der Waals surface area contributed by atoms with E-state index in [0.717, 1.165) is 25.7 Å². The first-order valence-corrected chi connectivity index (χ1v) is 11.1. The van der Waals surface area contributed by atoms with E-state index in [4.69, 9.17) is 4.74 Å². The number of ether oxygens (including phenoxy) is 1. The Bertz CT molecular complexity index is 769. The predicted octanol–water partition coefficient (Wildman–Crippen LogP) is 1.14. The lowest BCUT2D eigenvalue weighted by atomic mass is 10.2. The maximum atomic E-state index is 12.3. The molecule has 1 aromatic carbocycles. The summed E-state index contributed by atoms with van der Waals surface area (Å²) in [6.45, 7) is 1.51. The molecule has 0 unspecified atom stereocenters. The van der Waals surface area contributed by atoms with E-state index in [-0.39, 0.29) is 23.3 Å². The van der Waals surface area contributed by atoms with Gasteiger partial charge in [-0.3, -0.25) is 0 Å². The van der Waals surface area contributed by atoms with Crippen molar-refractivity contribution in [2.24, 2.45) is 0 Å². The molecule has 0 spiro atoms. The molecule has 0 saturated heterocycles. The summed E-state index contributed by atoms with van der Waals surface area (Å²) in [5, 5.41) is 0. The van der Waals surface area contributed by atoms with Crippen molar-refractivity contribution in [2.75, 3.05) is 19.3 Å². The van der Waals surface area contributed by atoms with Crippen LogP contribution in [0.4, 0.5) is 0 Å². The summed E-state index contributed by atoms with van der Waals surface area (Å²) in [4.78, 5) is 0.128.